The first-order chi connectivity index (χ1) is 20.3. The molecule has 0 saturated carbocycles. The lowest BCUT2D eigenvalue weighted by Gasteiger charge is -2.38. The van der Waals surface area contributed by atoms with E-state index in [9.17, 15) is 23.1 Å². The molecule has 1 aliphatic heterocycles. The number of thiazole rings is 1. The molecule has 11 nitrogen and oxygen atoms in total. The van der Waals surface area contributed by atoms with Crippen LogP contribution in [0.4, 0.5) is 4.79 Å². The van der Waals surface area contributed by atoms with Gasteiger partial charge in [-0.1, -0.05) is 12.1 Å². The molecule has 238 valence electrons. The number of Topliss-reactive ketones (excluding diaryl/α,β-unsaturated/α-hetero) is 1. The van der Waals surface area contributed by atoms with Gasteiger partial charge in [0.25, 0.3) is 10.0 Å². The van der Waals surface area contributed by atoms with Crippen molar-refractivity contribution in [3.05, 3.63) is 51.5 Å². The summed E-state index contributed by atoms with van der Waals surface area (Å²) in [6.45, 7) is 14.5. The van der Waals surface area contributed by atoms with E-state index in [1.807, 2.05) is 39.0 Å². The molecule has 2 aromatic carbocycles. The quantitative estimate of drug-likeness (QED) is 0.122. The molecule has 13 heteroatoms. The van der Waals surface area contributed by atoms with Crippen LogP contribution < -0.4 is 15.2 Å². The Morgan fingerprint density at radius 3 is 2.45 bits per heavy atom. The van der Waals surface area contributed by atoms with Gasteiger partial charge in [-0.15, -0.1) is 11.3 Å². The topological polar surface area (TPSA) is 164 Å². The van der Waals surface area contributed by atoms with Gasteiger partial charge in [0.2, 0.25) is 11.7 Å². The second-order valence-electron chi connectivity index (χ2n) is 12.8. The predicted octanol–water partition coefficient (Wildman–Crippen LogP) is 5.34. The fourth-order valence-electron chi connectivity index (χ4n) is 5.74. The second-order valence-corrected chi connectivity index (χ2v) is 15.4. The van der Waals surface area contributed by atoms with Crippen LogP contribution in [0, 0.1) is 20.8 Å². The Morgan fingerprint density at radius 1 is 1.18 bits per heavy atom. The molecule has 0 unspecified atom stereocenters. The maximum absolute atomic E-state index is 13.7. The molecule has 0 radical (unpaired) electrons. The van der Waals surface area contributed by atoms with Crippen LogP contribution in [0.2, 0.25) is 0 Å². The molecule has 1 aliphatic rings. The molecule has 0 bridgehead atoms. The molecule has 3 aromatic rings. The van der Waals surface area contributed by atoms with E-state index in [2.05, 4.69) is 14.7 Å². The lowest BCUT2D eigenvalue weighted by molar-refractivity contribution is 0.0528. The molecule has 44 heavy (non-hydrogen) atoms. The summed E-state index contributed by atoms with van der Waals surface area (Å²) in [5, 5.41) is 10.3. The number of benzene rings is 2. The highest BCUT2D eigenvalue weighted by Gasteiger charge is 2.39. The summed E-state index contributed by atoms with van der Waals surface area (Å²) in [7, 11) is -4.07. The van der Waals surface area contributed by atoms with E-state index in [1.165, 1.54) is 11.3 Å². The molecule has 0 fully saturated rings. The minimum Gasteiger partial charge on any atom is -0.487 e. The standard InChI is InChI=1S/C31H41N5O6S2/c1-17-18(2)26(19(3)20-16-31(7,8)42-25(17)20)44(40,41)35-28(32)33-15-11-13-22(36(29(38)39)30(4,5)6)24(37)27-34-21-12-9-10-14-23(21)43-27/h9-10,12,14,22H,11,13,15-16H2,1-8H3,(H,38,39)(H3,32,33,35)/t22-/m0/s1. The number of hydrogen-bond donors (Lipinski definition) is 3. The summed E-state index contributed by atoms with van der Waals surface area (Å²) in [6.07, 6.45) is -0.233. The highest BCUT2D eigenvalue weighted by Crippen LogP contribution is 2.43. The molecule has 1 amide bonds. The molecule has 2 heterocycles. The van der Waals surface area contributed by atoms with Crippen molar-refractivity contribution >= 4 is 49.4 Å². The number of rotatable bonds is 9. The molecule has 4 N–H and O–H groups in total. The van der Waals surface area contributed by atoms with Gasteiger partial charge in [-0.2, -0.15) is 0 Å². The Morgan fingerprint density at radius 2 is 1.84 bits per heavy atom. The number of aromatic nitrogens is 1. The Labute approximate surface area is 262 Å². The maximum Gasteiger partial charge on any atom is 0.408 e. The summed E-state index contributed by atoms with van der Waals surface area (Å²) in [5.74, 6) is 0.0379. The van der Waals surface area contributed by atoms with Crippen molar-refractivity contribution in [2.24, 2.45) is 10.7 Å². The Bertz CT molecular complexity index is 1720. The van der Waals surface area contributed by atoms with Crippen LogP contribution in [0.5, 0.6) is 5.75 Å². The summed E-state index contributed by atoms with van der Waals surface area (Å²) >= 11 is 1.22. The number of aliphatic imine (C=N–C) groups is 1. The maximum atomic E-state index is 13.7. The number of hydrogen-bond acceptors (Lipinski definition) is 8. The van der Waals surface area contributed by atoms with Crippen molar-refractivity contribution in [1.29, 1.82) is 0 Å². The van der Waals surface area contributed by atoms with Crippen molar-refractivity contribution < 1.29 is 27.9 Å². The SMILES string of the molecule is Cc1c(C)c(S(=O)(=O)NC(N)=NCCC[C@@H](C(=O)c2nc3ccccc3s2)N(C(=O)O)C(C)(C)C)c(C)c2c1OC(C)(C)C2. The van der Waals surface area contributed by atoms with Crippen molar-refractivity contribution in [1.82, 2.24) is 14.6 Å². The fourth-order valence-corrected chi connectivity index (χ4v) is 8.22. The van der Waals surface area contributed by atoms with E-state index in [-0.39, 0.29) is 35.2 Å². The number of nitrogens with zero attached hydrogens (tertiary/aromatic N) is 3. The van der Waals surface area contributed by atoms with Gasteiger partial charge in [0.15, 0.2) is 5.01 Å². The predicted molar refractivity (Wildman–Crippen MR) is 172 cm³/mol. The van der Waals surface area contributed by atoms with E-state index in [0.717, 1.165) is 26.5 Å². The summed E-state index contributed by atoms with van der Waals surface area (Å²) in [5.41, 5.74) is 8.21. The number of guanidine groups is 1. The van der Waals surface area contributed by atoms with Crippen molar-refractivity contribution in [2.45, 2.75) is 96.7 Å². The Balaban J connectivity index is 1.52. The zero-order chi connectivity index (χ0) is 32.8. The number of ketones is 1. The average molecular weight is 644 g/mol. The lowest BCUT2D eigenvalue weighted by Crippen LogP contribution is -2.54. The third kappa shape index (κ3) is 6.68. The normalized spacial score (nSPS) is 15.5. The minimum atomic E-state index is -4.07. The first-order valence-corrected chi connectivity index (χ1v) is 16.7. The molecule has 1 aromatic heterocycles. The molecular weight excluding hydrogens is 603 g/mol. The van der Waals surface area contributed by atoms with E-state index in [4.69, 9.17) is 10.5 Å². The number of amides is 1. The molecule has 0 aliphatic carbocycles. The summed E-state index contributed by atoms with van der Waals surface area (Å²) in [4.78, 5) is 36.0. The number of para-hydroxylation sites is 1. The van der Waals surface area contributed by atoms with Crippen LogP contribution in [0.25, 0.3) is 10.2 Å². The number of nitrogens with one attached hydrogen (secondary N) is 1. The average Bonchev–Trinajstić information content (AvgIpc) is 3.48. The third-order valence-electron chi connectivity index (χ3n) is 7.77. The highest BCUT2D eigenvalue weighted by atomic mass is 32.2. The largest absolute Gasteiger partial charge is 0.487 e. The van der Waals surface area contributed by atoms with E-state index in [1.54, 1.807) is 40.7 Å². The summed E-state index contributed by atoms with van der Waals surface area (Å²) < 4.78 is 36.3. The van der Waals surface area contributed by atoms with E-state index in [0.29, 0.717) is 23.1 Å². The van der Waals surface area contributed by atoms with Gasteiger partial charge in [0.05, 0.1) is 15.1 Å². The zero-order valence-electron chi connectivity index (χ0n) is 26.4. The van der Waals surface area contributed by atoms with E-state index >= 15 is 0 Å². The molecule has 1 atom stereocenters. The van der Waals surface area contributed by atoms with Gasteiger partial charge < -0.3 is 15.6 Å². The van der Waals surface area contributed by atoms with Crippen LogP contribution in [0.3, 0.4) is 0 Å². The highest BCUT2D eigenvalue weighted by molar-refractivity contribution is 7.90. The first kappa shape index (κ1) is 33.2. The minimum absolute atomic E-state index is 0.0682. The van der Waals surface area contributed by atoms with Gasteiger partial charge in [-0.25, -0.2) is 22.9 Å². The molecule has 4 rings (SSSR count). The zero-order valence-corrected chi connectivity index (χ0v) is 28.1. The van der Waals surface area contributed by atoms with Crippen LogP contribution in [0.15, 0.2) is 34.2 Å². The van der Waals surface area contributed by atoms with Crippen LogP contribution >= 0.6 is 11.3 Å². The number of sulfonamides is 1. The fraction of sp³-hybridized carbons (Fsp3) is 0.484. The first-order valence-electron chi connectivity index (χ1n) is 14.4. The lowest BCUT2D eigenvalue weighted by atomic mass is 9.94. The number of carboxylic acid groups (broad SMARTS) is 1. The van der Waals surface area contributed by atoms with Crippen LogP contribution in [-0.4, -0.2) is 65.0 Å². The Kier molecular flexibility index (Phi) is 9.05. The number of fused-ring (bicyclic) bond motifs is 2. The van der Waals surface area contributed by atoms with Crippen molar-refractivity contribution in [2.75, 3.05) is 6.54 Å². The molecule has 0 saturated heterocycles. The second kappa shape index (κ2) is 12.0. The summed E-state index contributed by atoms with van der Waals surface area (Å²) in [6, 6.07) is 6.32. The van der Waals surface area contributed by atoms with Gasteiger partial charge >= 0.3 is 6.09 Å². The van der Waals surface area contributed by atoms with Gasteiger partial charge in [0, 0.05) is 24.1 Å². The van der Waals surface area contributed by atoms with Gasteiger partial charge in [-0.05, 0) is 97.1 Å². The van der Waals surface area contributed by atoms with Crippen molar-refractivity contribution in [3.63, 3.8) is 0 Å². The monoisotopic (exact) mass is 643 g/mol. The van der Waals surface area contributed by atoms with Crippen LogP contribution in [0.1, 0.15) is 79.5 Å². The molecule has 0 spiro atoms. The van der Waals surface area contributed by atoms with Crippen LogP contribution in [-0.2, 0) is 16.4 Å². The third-order valence-corrected chi connectivity index (χ3v) is 10.4. The number of carbonyl (C=O) groups is 2. The number of nitrogens with two attached hydrogens (primary N) is 1. The Hall–Kier alpha value is -3.71. The van der Waals surface area contributed by atoms with Gasteiger partial charge in [-0.3, -0.25) is 14.7 Å². The molecular formula is C31H41N5O6S2. The number of carbonyl (C=O) groups excluding carboxylic acids is 1. The van der Waals surface area contributed by atoms with Crippen molar-refractivity contribution in [3.8, 4) is 5.75 Å². The number of ether oxygens (including phenoxy) is 1. The van der Waals surface area contributed by atoms with Gasteiger partial charge in [0.1, 0.15) is 17.4 Å². The van der Waals surface area contributed by atoms with E-state index < -0.39 is 39.1 Å². The smallest absolute Gasteiger partial charge is 0.408 e.